The maximum absolute atomic E-state index is 12.3. The van der Waals surface area contributed by atoms with E-state index < -0.39 is 6.10 Å². The molecule has 6 heteroatoms. The zero-order valence-electron chi connectivity index (χ0n) is 14.6. The molecule has 1 fully saturated rings. The number of hydrogen-bond acceptors (Lipinski definition) is 5. The fourth-order valence-electron chi connectivity index (χ4n) is 3.22. The third-order valence-electron chi connectivity index (χ3n) is 4.77. The number of rotatable bonds is 6. The number of nitrogens with one attached hydrogen (secondary N) is 1. The van der Waals surface area contributed by atoms with Crippen LogP contribution >= 0.6 is 0 Å². The molecule has 1 aliphatic rings. The van der Waals surface area contributed by atoms with Gasteiger partial charge >= 0.3 is 0 Å². The van der Waals surface area contributed by atoms with Crippen LogP contribution in [-0.2, 0) is 4.79 Å². The maximum Gasteiger partial charge on any atom is 0.227 e. The van der Waals surface area contributed by atoms with Crippen LogP contribution in [0.25, 0.3) is 0 Å². The van der Waals surface area contributed by atoms with Gasteiger partial charge in [-0.15, -0.1) is 0 Å². The average Bonchev–Trinajstić information content (AvgIpc) is 2.85. The van der Waals surface area contributed by atoms with Crippen LogP contribution in [0.3, 0.4) is 0 Å². The van der Waals surface area contributed by atoms with E-state index in [1.165, 1.54) is 12.8 Å². The van der Waals surface area contributed by atoms with Gasteiger partial charge in [-0.3, -0.25) is 4.79 Å². The Morgan fingerprint density at radius 2 is 2.09 bits per heavy atom. The lowest BCUT2D eigenvalue weighted by Crippen LogP contribution is -2.43. The first kappa shape index (κ1) is 17.9. The van der Waals surface area contributed by atoms with Crippen LogP contribution in [0.5, 0.6) is 0 Å². The van der Waals surface area contributed by atoms with Crippen molar-refractivity contribution in [1.29, 1.82) is 0 Å². The zero-order chi connectivity index (χ0) is 17.0. The Kier molecular flexibility index (Phi) is 6.18. The summed E-state index contributed by atoms with van der Waals surface area (Å²) in [6.07, 6.45) is 1.83. The van der Waals surface area contributed by atoms with Crippen LogP contribution in [0, 0.1) is 19.8 Å². The van der Waals surface area contributed by atoms with Crippen molar-refractivity contribution in [1.82, 2.24) is 15.4 Å². The molecule has 0 spiro atoms. The van der Waals surface area contributed by atoms with Crippen molar-refractivity contribution in [3.05, 3.63) is 17.0 Å². The first-order valence-electron chi connectivity index (χ1n) is 8.49. The SMILES string of the molecule is Cc1noc(C)c1C(C)C(=O)NCC(O)CN1CCC(C)CC1. The Hall–Kier alpha value is -1.40. The molecule has 6 nitrogen and oxygen atoms in total. The van der Waals surface area contributed by atoms with E-state index in [4.69, 9.17) is 4.52 Å². The highest BCUT2D eigenvalue weighted by atomic mass is 16.5. The number of nitrogens with zero attached hydrogens (tertiary/aromatic N) is 2. The standard InChI is InChI=1S/C17H29N3O3/c1-11-5-7-20(8-6-11)10-15(21)9-18-17(22)12(2)16-13(3)19-23-14(16)4/h11-12,15,21H,5-10H2,1-4H3,(H,18,22). The van der Waals surface area contributed by atoms with Gasteiger partial charge in [-0.05, 0) is 52.6 Å². The van der Waals surface area contributed by atoms with Crippen LogP contribution < -0.4 is 5.32 Å². The van der Waals surface area contributed by atoms with Gasteiger partial charge in [-0.1, -0.05) is 12.1 Å². The van der Waals surface area contributed by atoms with Gasteiger partial charge in [-0.2, -0.15) is 0 Å². The number of carbonyl (C=O) groups excluding carboxylic acids is 1. The second-order valence-electron chi connectivity index (χ2n) is 6.84. The summed E-state index contributed by atoms with van der Waals surface area (Å²) in [6.45, 7) is 10.7. The van der Waals surface area contributed by atoms with Gasteiger partial charge in [0.05, 0.1) is 17.7 Å². The molecule has 0 radical (unpaired) electrons. The minimum absolute atomic E-state index is 0.106. The molecule has 0 aromatic carbocycles. The number of hydrogen-bond donors (Lipinski definition) is 2. The number of aliphatic hydroxyl groups is 1. The molecule has 2 atom stereocenters. The molecule has 1 aromatic rings. The van der Waals surface area contributed by atoms with Crippen LogP contribution in [0.1, 0.15) is 49.6 Å². The van der Waals surface area contributed by atoms with Crippen LogP contribution in [0.15, 0.2) is 4.52 Å². The highest BCUT2D eigenvalue weighted by Crippen LogP contribution is 2.23. The highest BCUT2D eigenvalue weighted by molar-refractivity contribution is 5.83. The summed E-state index contributed by atoms with van der Waals surface area (Å²) in [6, 6.07) is 0. The van der Waals surface area contributed by atoms with Crippen molar-refractivity contribution in [2.75, 3.05) is 26.2 Å². The van der Waals surface area contributed by atoms with Crippen molar-refractivity contribution in [3.63, 3.8) is 0 Å². The van der Waals surface area contributed by atoms with Crippen molar-refractivity contribution in [2.45, 2.75) is 52.6 Å². The molecule has 1 aliphatic heterocycles. The molecule has 130 valence electrons. The van der Waals surface area contributed by atoms with Crippen LogP contribution in [0.2, 0.25) is 0 Å². The average molecular weight is 323 g/mol. The molecule has 0 saturated carbocycles. The lowest BCUT2D eigenvalue weighted by Gasteiger charge is -2.31. The summed E-state index contributed by atoms with van der Waals surface area (Å²) < 4.78 is 5.12. The monoisotopic (exact) mass is 323 g/mol. The second kappa shape index (κ2) is 7.93. The minimum Gasteiger partial charge on any atom is -0.390 e. The van der Waals surface area contributed by atoms with E-state index >= 15 is 0 Å². The van der Waals surface area contributed by atoms with Crippen LogP contribution in [0.4, 0.5) is 0 Å². The lowest BCUT2D eigenvalue weighted by atomic mass is 9.98. The molecule has 2 unspecified atom stereocenters. The Morgan fingerprint density at radius 1 is 1.43 bits per heavy atom. The molecule has 1 amide bonds. The van der Waals surface area contributed by atoms with Gasteiger partial charge in [0.1, 0.15) is 5.76 Å². The Morgan fingerprint density at radius 3 is 2.65 bits per heavy atom. The summed E-state index contributed by atoms with van der Waals surface area (Å²) in [5, 5.41) is 16.9. The molecule has 1 aromatic heterocycles. The third-order valence-corrected chi connectivity index (χ3v) is 4.77. The molecule has 2 rings (SSSR count). The van der Waals surface area contributed by atoms with Crippen molar-refractivity contribution < 1.29 is 14.4 Å². The predicted molar refractivity (Wildman–Crippen MR) is 88.2 cm³/mol. The topological polar surface area (TPSA) is 78.6 Å². The molecule has 0 bridgehead atoms. The van der Waals surface area contributed by atoms with Crippen molar-refractivity contribution in [3.8, 4) is 0 Å². The number of piperidine rings is 1. The predicted octanol–water partition coefficient (Wildman–Crippen LogP) is 1.60. The Labute approximate surface area is 138 Å². The van der Waals surface area contributed by atoms with Crippen molar-refractivity contribution in [2.24, 2.45) is 5.92 Å². The molecule has 0 aliphatic carbocycles. The molecular weight excluding hydrogens is 294 g/mol. The van der Waals surface area contributed by atoms with E-state index in [0.717, 1.165) is 30.3 Å². The first-order valence-corrected chi connectivity index (χ1v) is 8.49. The summed E-state index contributed by atoms with van der Waals surface area (Å²) in [7, 11) is 0. The summed E-state index contributed by atoms with van der Waals surface area (Å²) in [5.41, 5.74) is 1.58. The van der Waals surface area contributed by atoms with Gasteiger partial charge < -0.3 is 19.8 Å². The molecular formula is C17H29N3O3. The number of likely N-dealkylation sites (tertiary alicyclic amines) is 1. The van der Waals surface area contributed by atoms with Crippen molar-refractivity contribution >= 4 is 5.91 Å². The zero-order valence-corrected chi connectivity index (χ0v) is 14.6. The second-order valence-corrected chi connectivity index (χ2v) is 6.84. The highest BCUT2D eigenvalue weighted by Gasteiger charge is 2.24. The summed E-state index contributed by atoms with van der Waals surface area (Å²) >= 11 is 0. The smallest absolute Gasteiger partial charge is 0.227 e. The fraction of sp³-hybridized carbons (Fsp3) is 0.765. The minimum atomic E-state index is -0.538. The quantitative estimate of drug-likeness (QED) is 0.831. The lowest BCUT2D eigenvalue weighted by molar-refractivity contribution is -0.122. The van der Waals surface area contributed by atoms with E-state index in [0.29, 0.717) is 12.3 Å². The summed E-state index contributed by atoms with van der Waals surface area (Å²) in [4.78, 5) is 14.6. The fourth-order valence-corrected chi connectivity index (χ4v) is 3.22. The Bertz CT molecular complexity index is 502. The number of aryl methyl sites for hydroxylation is 2. The number of aliphatic hydroxyl groups excluding tert-OH is 1. The van der Waals surface area contributed by atoms with E-state index in [9.17, 15) is 9.90 Å². The number of β-amino-alcohol motifs (C(OH)–C–C–N with tert-alkyl or cyclic N) is 1. The van der Waals surface area contributed by atoms with Gasteiger partial charge in [0, 0.05) is 18.7 Å². The van der Waals surface area contributed by atoms with E-state index in [1.807, 2.05) is 20.8 Å². The van der Waals surface area contributed by atoms with Gasteiger partial charge in [-0.25, -0.2) is 0 Å². The summed E-state index contributed by atoms with van der Waals surface area (Å²) in [5.74, 6) is 1.02. The third kappa shape index (κ3) is 4.78. The molecule has 23 heavy (non-hydrogen) atoms. The van der Waals surface area contributed by atoms with E-state index in [2.05, 4.69) is 22.3 Å². The van der Waals surface area contributed by atoms with E-state index in [-0.39, 0.29) is 18.4 Å². The molecule has 2 N–H and O–H groups in total. The molecule has 2 heterocycles. The van der Waals surface area contributed by atoms with Crippen LogP contribution in [-0.4, -0.2) is 53.4 Å². The maximum atomic E-state index is 12.3. The van der Waals surface area contributed by atoms with E-state index in [1.54, 1.807) is 0 Å². The normalized spacial score (nSPS) is 19.5. The Balaban J connectivity index is 1.77. The number of aromatic nitrogens is 1. The molecule has 1 saturated heterocycles. The van der Waals surface area contributed by atoms with Gasteiger partial charge in [0.15, 0.2) is 0 Å². The number of amides is 1. The first-order chi connectivity index (χ1) is 10.9. The van der Waals surface area contributed by atoms with Gasteiger partial charge in [0.2, 0.25) is 5.91 Å². The van der Waals surface area contributed by atoms with Gasteiger partial charge in [0.25, 0.3) is 0 Å². The number of carbonyl (C=O) groups is 1. The largest absolute Gasteiger partial charge is 0.390 e.